The zero-order valence-corrected chi connectivity index (χ0v) is 10.9. The fourth-order valence-electron chi connectivity index (χ4n) is 2.23. The average molecular weight is 278 g/mol. The van der Waals surface area contributed by atoms with Gasteiger partial charge in [0, 0.05) is 23.3 Å². The van der Waals surface area contributed by atoms with Crippen molar-refractivity contribution in [2.45, 2.75) is 6.54 Å². The summed E-state index contributed by atoms with van der Waals surface area (Å²) in [5, 5.41) is 19.0. The Morgan fingerprint density at radius 3 is 3.00 bits per heavy atom. The summed E-state index contributed by atoms with van der Waals surface area (Å²) >= 11 is 0. The van der Waals surface area contributed by atoms with Crippen molar-refractivity contribution >= 4 is 16.9 Å². The lowest BCUT2D eigenvalue weighted by molar-refractivity contribution is 0.0694. The summed E-state index contributed by atoms with van der Waals surface area (Å²) in [6.45, 7) is 0.333. The second kappa shape index (κ2) is 5.06. The highest BCUT2D eigenvalue weighted by atomic mass is 16.4. The zero-order chi connectivity index (χ0) is 14.8. The van der Waals surface area contributed by atoms with E-state index in [-0.39, 0.29) is 5.56 Å². The van der Waals surface area contributed by atoms with E-state index in [4.69, 9.17) is 10.4 Å². The molecule has 0 aliphatic carbocycles. The van der Waals surface area contributed by atoms with Crippen LogP contribution in [-0.4, -0.2) is 25.6 Å². The van der Waals surface area contributed by atoms with Gasteiger partial charge in [0.15, 0.2) is 0 Å². The summed E-state index contributed by atoms with van der Waals surface area (Å²) in [7, 11) is 0. The van der Waals surface area contributed by atoms with Crippen LogP contribution in [0.2, 0.25) is 0 Å². The Hall–Kier alpha value is -3.20. The van der Waals surface area contributed by atoms with Gasteiger partial charge in [-0.1, -0.05) is 0 Å². The maximum atomic E-state index is 11.2. The number of carboxylic acid groups (broad SMARTS) is 1. The molecule has 1 aromatic carbocycles. The Morgan fingerprint density at radius 2 is 2.24 bits per heavy atom. The smallest absolute Gasteiger partial charge is 0.339 e. The molecule has 3 aromatic rings. The lowest BCUT2D eigenvalue weighted by Crippen LogP contribution is -2.09. The summed E-state index contributed by atoms with van der Waals surface area (Å²) in [6, 6.07) is 9.35. The van der Waals surface area contributed by atoms with Gasteiger partial charge in [-0.2, -0.15) is 5.26 Å². The van der Waals surface area contributed by atoms with E-state index in [0.717, 1.165) is 10.9 Å². The van der Waals surface area contributed by atoms with E-state index in [1.54, 1.807) is 12.1 Å². The molecule has 0 fully saturated rings. The number of aromatic carboxylic acids is 1. The summed E-state index contributed by atoms with van der Waals surface area (Å²) in [6.07, 6.45) is 4.48. The molecule has 0 atom stereocenters. The lowest BCUT2D eigenvalue weighted by atomic mass is 10.2. The Morgan fingerprint density at radius 1 is 1.38 bits per heavy atom. The molecule has 2 heterocycles. The first-order valence-corrected chi connectivity index (χ1v) is 6.20. The van der Waals surface area contributed by atoms with Crippen LogP contribution >= 0.6 is 0 Å². The van der Waals surface area contributed by atoms with Crippen molar-refractivity contribution in [3.05, 3.63) is 59.8 Å². The van der Waals surface area contributed by atoms with Crippen molar-refractivity contribution in [3.8, 4) is 6.07 Å². The van der Waals surface area contributed by atoms with E-state index in [9.17, 15) is 4.79 Å². The molecule has 0 saturated carbocycles. The van der Waals surface area contributed by atoms with Crippen LogP contribution in [-0.2, 0) is 6.54 Å². The van der Waals surface area contributed by atoms with Crippen LogP contribution in [0.5, 0.6) is 0 Å². The number of hydrogen-bond donors (Lipinski definition) is 1. The molecule has 2 aromatic heterocycles. The molecule has 3 rings (SSSR count). The molecule has 0 unspecified atom stereocenters. The van der Waals surface area contributed by atoms with Crippen molar-refractivity contribution in [1.29, 1.82) is 5.26 Å². The third-order valence-electron chi connectivity index (χ3n) is 3.25. The number of nitrogens with zero attached hydrogens (tertiary/aromatic N) is 4. The number of carbonyl (C=O) groups is 1. The topological polar surface area (TPSA) is 91.8 Å². The number of benzene rings is 1. The van der Waals surface area contributed by atoms with Gasteiger partial charge in [0.1, 0.15) is 11.9 Å². The van der Waals surface area contributed by atoms with Crippen molar-refractivity contribution in [2.24, 2.45) is 0 Å². The van der Waals surface area contributed by atoms with Crippen molar-refractivity contribution in [3.63, 3.8) is 0 Å². The maximum absolute atomic E-state index is 11.2. The molecule has 6 heteroatoms. The summed E-state index contributed by atoms with van der Waals surface area (Å²) in [4.78, 5) is 19.0. The van der Waals surface area contributed by atoms with Crippen LogP contribution in [0.4, 0.5) is 0 Å². The van der Waals surface area contributed by atoms with Crippen molar-refractivity contribution < 1.29 is 9.90 Å². The molecule has 0 aliphatic rings. The fraction of sp³-hybridized carbons (Fsp3) is 0.0667. The molecule has 0 radical (unpaired) electrons. The van der Waals surface area contributed by atoms with Gasteiger partial charge < -0.3 is 9.67 Å². The third kappa shape index (κ3) is 2.32. The molecular formula is C15H10N4O2. The van der Waals surface area contributed by atoms with Gasteiger partial charge in [-0.3, -0.25) is 0 Å². The van der Waals surface area contributed by atoms with E-state index < -0.39 is 5.97 Å². The second-order valence-electron chi connectivity index (χ2n) is 4.52. The van der Waals surface area contributed by atoms with Gasteiger partial charge in [0.2, 0.25) is 0 Å². The van der Waals surface area contributed by atoms with Gasteiger partial charge in [0.05, 0.1) is 23.9 Å². The molecule has 0 spiro atoms. The molecule has 6 nitrogen and oxygen atoms in total. The van der Waals surface area contributed by atoms with Gasteiger partial charge in [0.25, 0.3) is 0 Å². The van der Waals surface area contributed by atoms with Crippen LogP contribution in [0.15, 0.2) is 43.0 Å². The minimum absolute atomic E-state index is 0.0907. The molecular weight excluding hydrogens is 268 g/mol. The quantitative estimate of drug-likeness (QED) is 0.791. The predicted molar refractivity (Wildman–Crippen MR) is 74.7 cm³/mol. The SMILES string of the molecule is N#Cc1ccc2c(ccn2Cc2ncncc2C(=O)O)c1. The van der Waals surface area contributed by atoms with E-state index in [1.165, 1.54) is 12.5 Å². The van der Waals surface area contributed by atoms with E-state index in [1.807, 2.05) is 22.9 Å². The number of nitriles is 1. The average Bonchev–Trinajstić information content (AvgIpc) is 2.90. The van der Waals surface area contributed by atoms with Crippen molar-refractivity contribution in [2.75, 3.05) is 0 Å². The van der Waals surface area contributed by atoms with Gasteiger partial charge in [-0.25, -0.2) is 14.8 Å². The Balaban J connectivity index is 2.03. The second-order valence-corrected chi connectivity index (χ2v) is 4.52. The van der Waals surface area contributed by atoms with Gasteiger partial charge in [-0.15, -0.1) is 0 Å². The number of hydrogen-bond acceptors (Lipinski definition) is 4. The summed E-state index contributed by atoms with van der Waals surface area (Å²) < 4.78 is 1.89. The van der Waals surface area contributed by atoms with E-state index in [0.29, 0.717) is 17.8 Å². The standard InChI is InChI=1S/C15H10N4O2/c16-6-10-1-2-14-11(5-10)3-4-19(14)8-13-12(15(20)21)7-17-9-18-13/h1-5,7,9H,8H2,(H,20,21). The first-order chi connectivity index (χ1) is 10.2. The highest BCUT2D eigenvalue weighted by Crippen LogP contribution is 2.19. The van der Waals surface area contributed by atoms with Crippen LogP contribution in [0.3, 0.4) is 0 Å². The molecule has 102 valence electrons. The molecule has 1 N–H and O–H groups in total. The zero-order valence-electron chi connectivity index (χ0n) is 10.9. The Bertz CT molecular complexity index is 877. The highest BCUT2D eigenvalue weighted by molar-refractivity contribution is 5.88. The molecule has 0 bridgehead atoms. The van der Waals surface area contributed by atoms with Crippen LogP contribution in [0, 0.1) is 11.3 Å². The number of carboxylic acids is 1. The summed E-state index contributed by atoms with van der Waals surface area (Å²) in [5.41, 5.74) is 2.05. The van der Waals surface area contributed by atoms with Gasteiger partial charge in [-0.05, 0) is 24.3 Å². The lowest BCUT2D eigenvalue weighted by Gasteiger charge is -2.07. The minimum Gasteiger partial charge on any atom is -0.478 e. The largest absolute Gasteiger partial charge is 0.478 e. The van der Waals surface area contributed by atoms with Gasteiger partial charge >= 0.3 is 5.97 Å². The van der Waals surface area contributed by atoms with Crippen LogP contribution < -0.4 is 0 Å². The Labute approximate surface area is 119 Å². The van der Waals surface area contributed by atoms with E-state index in [2.05, 4.69) is 16.0 Å². The normalized spacial score (nSPS) is 10.4. The molecule has 0 saturated heterocycles. The third-order valence-corrected chi connectivity index (χ3v) is 3.25. The molecule has 21 heavy (non-hydrogen) atoms. The van der Waals surface area contributed by atoms with Crippen molar-refractivity contribution in [1.82, 2.24) is 14.5 Å². The van der Waals surface area contributed by atoms with Crippen LogP contribution in [0.25, 0.3) is 10.9 Å². The Kier molecular flexibility index (Phi) is 3.09. The molecule has 0 aliphatic heterocycles. The van der Waals surface area contributed by atoms with Crippen LogP contribution in [0.1, 0.15) is 21.6 Å². The number of aromatic nitrogens is 3. The minimum atomic E-state index is -1.05. The highest BCUT2D eigenvalue weighted by Gasteiger charge is 2.12. The molecule has 0 amide bonds. The number of rotatable bonds is 3. The monoisotopic (exact) mass is 278 g/mol. The first-order valence-electron chi connectivity index (χ1n) is 6.20. The first kappa shape index (κ1) is 12.8. The predicted octanol–water partition coefficient (Wildman–Crippen LogP) is 2.05. The maximum Gasteiger partial charge on any atom is 0.339 e. The van der Waals surface area contributed by atoms with E-state index >= 15 is 0 Å². The fourth-order valence-corrected chi connectivity index (χ4v) is 2.23. The number of fused-ring (bicyclic) bond motifs is 1. The summed E-state index contributed by atoms with van der Waals surface area (Å²) in [5.74, 6) is -1.05.